The van der Waals surface area contributed by atoms with E-state index in [0.29, 0.717) is 50.5 Å². The van der Waals surface area contributed by atoms with Crippen molar-refractivity contribution in [2.75, 3.05) is 39.3 Å². The Hall–Kier alpha value is -3.34. The molecule has 1 aromatic carbocycles. The van der Waals surface area contributed by atoms with Crippen LogP contribution in [0.15, 0.2) is 24.3 Å². The van der Waals surface area contributed by atoms with E-state index >= 15 is 0 Å². The Morgan fingerprint density at radius 1 is 1.03 bits per heavy atom. The van der Waals surface area contributed by atoms with E-state index in [1.165, 1.54) is 0 Å². The number of hydrogen-bond donors (Lipinski definition) is 2. The summed E-state index contributed by atoms with van der Waals surface area (Å²) in [4.78, 5) is 54.2. The number of piperazine rings is 1. The molecule has 1 aliphatic carbocycles. The van der Waals surface area contributed by atoms with Crippen molar-refractivity contribution >= 4 is 23.8 Å². The first-order valence-corrected chi connectivity index (χ1v) is 11.8. The maximum Gasteiger partial charge on any atom is 0.344 e. The van der Waals surface area contributed by atoms with Crippen molar-refractivity contribution < 1.29 is 28.7 Å². The summed E-state index contributed by atoms with van der Waals surface area (Å²) in [6.07, 6.45) is 3.29. The van der Waals surface area contributed by atoms with E-state index in [4.69, 9.17) is 9.47 Å². The third kappa shape index (κ3) is 4.27. The Labute approximate surface area is 197 Å². The minimum Gasteiger partial charge on any atom is -0.485 e. The molecule has 0 radical (unpaired) electrons. The van der Waals surface area contributed by atoms with Crippen molar-refractivity contribution in [3.05, 3.63) is 24.3 Å². The van der Waals surface area contributed by atoms with Crippen molar-refractivity contribution in [3.63, 3.8) is 0 Å². The predicted octanol–water partition coefficient (Wildman–Crippen LogP) is 0.257. The van der Waals surface area contributed by atoms with Gasteiger partial charge in [0.2, 0.25) is 6.10 Å². The zero-order valence-corrected chi connectivity index (χ0v) is 19.0. The molecule has 0 bridgehead atoms. The molecule has 5 rings (SSSR count). The number of nitrogens with one attached hydrogen (secondary N) is 2. The Morgan fingerprint density at radius 3 is 2.47 bits per heavy atom. The predicted molar refractivity (Wildman–Crippen MR) is 119 cm³/mol. The van der Waals surface area contributed by atoms with Crippen LogP contribution in [0, 0.1) is 0 Å². The summed E-state index contributed by atoms with van der Waals surface area (Å²) >= 11 is 0. The molecular weight excluding hydrogens is 442 g/mol. The molecule has 0 aromatic heterocycles. The first-order chi connectivity index (χ1) is 16.4. The van der Waals surface area contributed by atoms with Gasteiger partial charge in [0.05, 0.1) is 6.54 Å². The van der Waals surface area contributed by atoms with Crippen LogP contribution in [-0.2, 0) is 14.4 Å². The van der Waals surface area contributed by atoms with Crippen molar-refractivity contribution in [1.29, 1.82) is 0 Å². The van der Waals surface area contributed by atoms with E-state index in [9.17, 15) is 19.2 Å². The molecule has 1 spiro atoms. The lowest BCUT2D eigenvalue weighted by Gasteiger charge is -2.37. The average Bonchev–Trinajstić information content (AvgIpc) is 3.07. The van der Waals surface area contributed by atoms with Crippen LogP contribution in [0.5, 0.6) is 11.5 Å². The molecule has 3 aliphatic heterocycles. The standard InChI is InChI=1S/C23H29N5O6/c29-19(25-28-21(31)23(24-22(28)32)8-4-1-5-9-23)14-26-10-12-27(13-11-26)20(30)18-15-33-16-6-2-3-7-17(16)34-18/h2-3,6-7,18H,1,4-5,8-15H2,(H,24,32)(H,25,29)/t18-/m1/s1. The molecule has 0 unspecified atom stereocenters. The van der Waals surface area contributed by atoms with Crippen LogP contribution in [0.1, 0.15) is 32.1 Å². The summed E-state index contributed by atoms with van der Waals surface area (Å²) < 4.78 is 11.5. The van der Waals surface area contributed by atoms with Gasteiger partial charge in [0.1, 0.15) is 12.1 Å². The lowest BCUT2D eigenvalue weighted by Crippen LogP contribution is -2.56. The van der Waals surface area contributed by atoms with E-state index in [1.807, 2.05) is 17.0 Å². The molecule has 11 nitrogen and oxygen atoms in total. The van der Waals surface area contributed by atoms with Crippen LogP contribution in [0.2, 0.25) is 0 Å². The normalized spacial score (nSPS) is 24.2. The van der Waals surface area contributed by atoms with Crippen LogP contribution in [0.3, 0.4) is 0 Å². The Morgan fingerprint density at radius 2 is 1.74 bits per heavy atom. The molecule has 11 heteroatoms. The molecule has 1 aromatic rings. The minimum atomic E-state index is -0.875. The number of para-hydroxylation sites is 2. The fraction of sp³-hybridized carbons (Fsp3) is 0.565. The number of nitrogens with zero attached hydrogens (tertiary/aromatic N) is 3. The third-order valence-electron chi connectivity index (χ3n) is 6.94. The molecule has 1 atom stereocenters. The number of amides is 5. The molecule has 2 saturated heterocycles. The lowest BCUT2D eigenvalue weighted by molar-refractivity contribution is -0.144. The van der Waals surface area contributed by atoms with Gasteiger partial charge in [-0.15, -0.1) is 0 Å². The van der Waals surface area contributed by atoms with Gasteiger partial charge in [-0.2, -0.15) is 5.01 Å². The number of carbonyl (C=O) groups is 4. The third-order valence-corrected chi connectivity index (χ3v) is 6.94. The number of hydrogen-bond acceptors (Lipinski definition) is 7. The van der Waals surface area contributed by atoms with Crippen LogP contribution < -0.4 is 20.2 Å². The average molecular weight is 472 g/mol. The van der Waals surface area contributed by atoms with Gasteiger partial charge in [-0.3, -0.25) is 24.7 Å². The topological polar surface area (TPSA) is 121 Å². The van der Waals surface area contributed by atoms with Gasteiger partial charge in [0.25, 0.3) is 17.7 Å². The van der Waals surface area contributed by atoms with Gasteiger partial charge in [-0.05, 0) is 25.0 Å². The second-order valence-electron chi connectivity index (χ2n) is 9.21. The van der Waals surface area contributed by atoms with Gasteiger partial charge in [0, 0.05) is 26.2 Å². The maximum atomic E-state index is 12.9. The Balaban J connectivity index is 1.09. The lowest BCUT2D eigenvalue weighted by atomic mass is 9.82. The van der Waals surface area contributed by atoms with Crippen LogP contribution >= 0.6 is 0 Å². The van der Waals surface area contributed by atoms with Crippen LogP contribution in [-0.4, -0.2) is 89.5 Å². The summed E-state index contributed by atoms with van der Waals surface area (Å²) in [6, 6.07) is 6.67. The molecule has 2 N–H and O–H groups in total. The van der Waals surface area contributed by atoms with E-state index in [2.05, 4.69) is 10.7 Å². The second-order valence-corrected chi connectivity index (χ2v) is 9.21. The number of urea groups is 1. The van der Waals surface area contributed by atoms with Gasteiger partial charge in [-0.1, -0.05) is 31.4 Å². The molecular formula is C23H29N5O6. The number of imide groups is 1. The van der Waals surface area contributed by atoms with Crippen molar-refractivity contribution in [3.8, 4) is 11.5 Å². The first-order valence-electron chi connectivity index (χ1n) is 11.8. The highest BCUT2D eigenvalue weighted by Gasteiger charge is 2.52. The van der Waals surface area contributed by atoms with E-state index < -0.39 is 23.6 Å². The maximum absolute atomic E-state index is 12.9. The number of ether oxygens (including phenoxy) is 2. The van der Waals surface area contributed by atoms with E-state index in [-0.39, 0.29) is 25.0 Å². The number of rotatable bonds is 4. The zero-order valence-electron chi connectivity index (χ0n) is 19.0. The summed E-state index contributed by atoms with van der Waals surface area (Å²) in [5, 5.41) is 3.60. The van der Waals surface area contributed by atoms with Crippen LogP contribution in [0.25, 0.3) is 0 Å². The monoisotopic (exact) mass is 471 g/mol. The SMILES string of the molecule is O=C(CN1CCN(C(=O)[C@H]2COc3ccccc3O2)CC1)NN1C(=O)NC2(CCCCC2)C1=O. The van der Waals surface area contributed by atoms with Crippen LogP contribution in [0.4, 0.5) is 4.79 Å². The molecule has 5 amide bonds. The Bertz CT molecular complexity index is 986. The van der Waals surface area contributed by atoms with Gasteiger partial charge in [-0.25, -0.2) is 4.79 Å². The van der Waals surface area contributed by atoms with E-state index in [0.717, 1.165) is 24.3 Å². The second kappa shape index (κ2) is 9.13. The largest absolute Gasteiger partial charge is 0.485 e. The van der Waals surface area contributed by atoms with Crippen molar-refractivity contribution in [2.45, 2.75) is 43.7 Å². The van der Waals surface area contributed by atoms with Gasteiger partial charge in [0.15, 0.2) is 11.5 Å². The molecule has 34 heavy (non-hydrogen) atoms. The summed E-state index contributed by atoms with van der Waals surface area (Å²) in [7, 11) is 0. The van der Waals surface area contributed by atoms with Crippen molar-refractivity contribution in [1.82, 2.24) is 25.6 Å². The number of benzene rings is 1. The highest BCUT2D eigenvalue weighted by Crippen LogP contribution is 2.33. The number of carbonyl (C=O) groups excluding carboxylic acids is 4. The fourth-order valence-corrected chi connectivity index (χ4v) is 5.05. The van der Waals surface area contributed by atoms with Gasteiger partial charge >= 0.3 is 6.03 Å². The number of fused-ring (bicyclic) bond motifs is 1. The molecule has 182 valence electrons. The highest BCUT2D eigenvalue weighted by molar-refractivity contribution is 6.08. The van der Waals surface area contributed by atoms with Crippen molar-refractivity contribution in [2.24, 2.45) is 0 Å². The number of hydrazine groups is 1. The Kier molecular flexibility index (Phi) is 6.03. The first kappa shape index (κ1) is 22.5. The molecule has 1 saturated carbocycles. The highest BCUT2D eigenvalue weighted by atomic mass is 16.6. The summed E-state index contributed by atoms with van der Waals surface area (Å²) in [5.74, 6) is 0.226. The minimum absolute atomic E-state index is 0.0303. The quantitative estimate of drug-likeness (QED) is 0.604. The zero-order chi connectivity index (χ0) is 23.7. The summed E-state index contributed by atoms with van der Waals surface area (Å²) in [6.45, 7) is 2.06. The van der Waals surface area contributed by atoms with Gasteiger partial charge < -0.3 is 19.7 Å². The van der Waals surface area contributed by atoms with E-state index in [1.54, 1.807) is 17.0 Å². The fourth-order valence-electron chi connectivity index (χ4n) is 5.05. The molecule has 3 fully saturated rings. The summed E-state index contributed by atoms with van der Waals surface area (Å²) in [5.41, 5.74) is 1.59. The molecule has 4 aliphatic rings. The molecule has 3 heterocycles. The smallest absolute Gasteiger partial charge is 0.344 e.